The van der Waals surface area contributed by atoms with Crippen molar-refractivity contribution in [3.05, 3.63) is 37.0 Å². The van der Waals surface area contributed by atoms with Crippen LogP contribution in [0.25, 0.3) is 4.91 Å². The van der Waals surface area contributed by atoms with Crippen LogP contribution in [0.5, 0.6) is 0 Å². The smallest absolute Gasteiger partial charge is 0.0655 e. The second-order valence-electron chi connectivity index (χ2n) is 3.95. The van der Waals surface area contributed by atoms with E-state index >= 15 is 0 Å². The van der Waals surface area contributed by atoms with Crippen LogP contribution in [0.3, 0.4) is 0 Å². The summed E-state index contributed by atoms with van der Waals surface area (Å²) in [5.41, 5.74) is 2.81. The molecule has 0 amide bonds. The Labute approximate surface area is 136 Å². The fourth-order valence-electron chi connectivity index (χ4n) is 1.71. The topological polar surface area (TPSA) is 0 Å². The van der Waals surface area contributed by atoms with Gasteiger partial charge in [0.15, 0.2) is 0 Å². The van der Waals surface area contributed by atoms with Gasteiger partial charge in [0.25, 0.3) is 0 Å². The molecule has 0 saturated carbocycles. The van der Waals surface area contributed by atoms with E-state index in [2.05, 4.69) is 82.6 Å². The van der Waals surface area contributed by atoms with Crippen LogP contribution in [-0.2, 0) is 6.42 Å². The van der Waals surface area contributed by atoms with E-state index in [-0.39, 0.29) is 0 Å². The number of benzene rings is 1. The number of unbranched alkanes of at least 4 members (excludes halogenated alkanes) is 2. The van der Waals surface area contributed by atoms with Gasteiger partial charge in [-0.1, -0.05) is 44.0 Å². The van der Waals surface area contributed by atoms with Crippen LogP contribution < -0.4 is 0 Å². The fourth-order valence-corrected chi connectivity index (χ4v) is 4.18. The van der Waals surface area contributed by atoms with Crippen LogP contribution in [0.2, 0.25) is 0 Å². The highest BCUT2D eigenvalue weighted by Gasteiger charge is 2.04. The largest absolute Gasteiger partial charge is 0.127 e. The van der Waals surface area contributed by atoms with E-state index < -0.39 is 0 Å². The van der Waals surface area contributed by atoms with Gasteiger partial charge in [0.05, 0.1) is 1.59 Å². The molecular formula is C14H18I2S. The lowest BCUT2D eigenvalue weighted by molar-refractivity contribution is 0.717. The van der Waals surface area contributed by atoms with Crippen LogP contribution in [-0.4, -0.2) is 6.26 Å². The molecule has 1 rings (SSSR count). The molecule has 3 heteroatoms. The highest BCUT2D eigenvalue weighted by Crippen LogP contribution is 2.35. The van der Waals surface area contributed by atoms with Crippen molar-refractivity contribution >= 4 is 61.8 Å². The minimum atomic E-state index is 1.22. The first-order chi connectivity index (χ1) is 8.19. The van der Waals surface area contributed by atoms with Crippen LogP contribution in [0.4, 0.5) is 0 Å². The molecule has 0 saturated heterocycles. The second-order valence-corrected chi connectivity index (χ2v) is 8.99. The van der Waals surface area contributed by atoms with E-state index in [1.165, 1.54) is 43.3 Å². The average Bonchev–Trinajstić information content (AvgIpc) is 2.32. The van der Waals surface area contributed by atoms with Gasteiger partial charge in [0.1, 0.15) is 0 Å². The van der Waals surface area contributed by atoms with Crippen molar-refractivity contribution in [2.75, 3.05) is 6.26 Å². The Morgan fingerprint density at radius 2 is 1.76 bits per heavy atom. The van der Waals surface area contributed by atoms with Gasteiger partial charge in [-0.05, 0) is 75.4 Å². The van der Waals surface area contributed by atoms with E-state index in [1.807, 2.05) is 11.8 Å². The Hall–Kier alpha value is 0.770. The van der Waals surface area contributed by atoms with Crippen molar-refractivity contribution in [3.63, 3.8) is 0 Å². The van der Waals surface area contributed by atoms with Gasteiger partial charge < -0.3 is 0 Å². The summed E-state index contributed by atoms with van der Waals surface area (Å²) in [5.74, 6) is 0. The van der Waals surface area contributed by atoms with Gasteiger partial charge in [-0.25, -0.2) is 0 Å². The van der Waals surface area contributed by atoms with Gasteiger partial charge in [-0.2, -0.15) is 0 Å². The molecule has 0 aromatic heterocycles. The first-order valence-corrected chi connectivity index (χ1v) is 9.25. The summed E-state index contributed by atoms with van der Waals surface area (Å²) in [6, 6.07) is 9.06. The monoisotopic (exact) mass is 472 g/mol. The summed E-state index contributed by atoms with van der Waals surface area (Å²) in [6.07, 6.45) is 7.30. The minimum Gasteiger partial charge on any atom is -0.127 e. The van der Waals surface area contributed by atoms with Crippen molar-refractivity contribution < 1.29 is 0 Å². The Balaban J connectivity index is 2.71. The molecular weight excluding hydrogens is 454 g/mol. The zero-order valence-electron chi connectivity index (χ0n) is 10.3. The molecule has 1 aromatic carbocycles. The molecule has 0 N–H and O–H groups in total. The van der Waals surface area contributed by atoms with E-state index in [0.717, 1.165) is 0 Å². The predicted molar refractivity (Wildman–Crippen MR) is 98.1 cm³/mol. The summed E-state index contributed by atoms with van der Waals surface area (Å²) < 4.78 is 1.34. The minimum absolute atomic E-state index is 1.22. The maximum atomic E-state index is 2.39. The molecule has 0 aliphatic carbocycles. The molecule has 0 fully saturated rings. The zero-order chi connectivity index (χ0) is 12.7. The third kappa shape index (κ3) is 5.51. The van der Waals surface area contributed by atoms with Crippen LogP contribution >= 0.6 is 56.9 Å². The van der Waals surface area contributed by atoms with Gasteiger partial charge in [-0.15, -0.1) is 11.8 Å². The summed E-state index contributed by atoms with van der Waals surface area (Å²) in [4.78, 5) is 1.38. The molecule has 0 unspecified atom stereocenters. The summed E-state index contributed by atoms with van der Waals surface area (Å²) in [6.45, 7) is 2.25. The SMILES string of the molecule is CCCCCc1ccc(C(SC)=C(I)I)cc1. The lowest BCUT2D eigenvalue weighted by atomic mass is 10.1. The lowest BCUT2D eigenvalue weighted by Crippen LogP contribution is -1.87. The maximum Gasteiger partial charge on any atom is 0.0655 e. The van der Waals surface area contributed by atoms with Crippen molar-refractivity contribution in [1.29, 1.82) is 0 Å². The van der Waals surface area contributed by atoms with Crippen molar-refractivity contribution in [2.24, 2.45) is 0 Å². The Bertz CT molecular complexity index is 364. The highest BCUT2D eigenvalue weighted by atomic mass is 127. The van der Waals surface area contributed by atoms with Gasteiger partial charge in [0.2, 0.25) is 0 Å². The second kappa shape index (κ2) is 8.80. The number of hydrogen-bond donors (Lipinski definition) is 0. The van der Waals surface area contributed by atoms with E-state index in [1.54, 1.807) is 0 Å². The standard InChI is InChI=1S/C14H18I2S/c1-3-4-5-6-11-7-9-12(10-8-11)13(17-2)14(15)16/h7-10H,3-6H2,1-2H3. The molecule has 0 aliphatic heterocycles. The molecule has 0 bridgehead atoms. The first kappa shape index (κ1) is 15.8. The zero-order valence-corrected chi connectivity index (χ0v) is 15.4. The number of rotatable bonds is 6. The van der Waals surface area contributed by atoms with E-state index in [4.69, 9.17) is 0 Å². The summed E-state index contributed by atoms with van der Waals surface area (Å²) in [7, 11) is 0. The van der Waals surface area contributed by atoms with Crippen molar-refractivity contribution in [2.45, 2.75) is 32.6 Å². The number of aryl methyl sites for hydroxylation is 1. The molecule has 0 atom stereocenters. The van der Waals surface area contributed by atoms with E-state index in [0.29, 0.717) is 0 Å². The van der Waals surface area contributed by atoms with Crippen LogP contribution in [0, 0.1) is 0 Å². The highest BCUT2D eigenvalue weighted by molar-refractivity contribution is 14.2. The first-order valence-electron chi connectivity index (χ1n) is 5.87. The van der Waals surface area contributed by atoms with Crippen LogP contribution in [0.15, 0.2) is 25.9 Å². The number of hydrogen-bond acceptors (Lipinski definition) is 1. The van der Waals surface area contributed by atoms with Crippen molar-refractivity contribution in [3.8, 4) is 0 Å². The number of thioether (sulfide) groups is 1. The average molecular weight is 472 g/mol. The Morgan fingerprint density at radius 1 is 1.12 bits per heavy atom. The molecule has 17 heavy (non-hydrogen) atoms. The quantitative estimate of drug-likeness (QED) is 0.347. The van der Waals surface area contributed by atoms with Gasteiger partial charge in [-0.3, -0.25) is 0 Å². The molecule has 0 radical (unpaired) electrons. The third-order valence-corrected chi connectivity index (χ3v) is 5.32. The molecule has 94 valence electrons. The fraction of sp³-hybridized carbons (Fsp3) is 0.429. The molecule has 0 heterocycles. The number of halogens is 2. The predicted octanol–water partition coefficient (Wildman–Crippen LogP) is 6.28. The third-order valence-electron chi connectivity index (χ3n) is 2.66. The van der Waals surface area contributed by atoms with E-state index in [9.17, 15) is 0 Å². The van der Waals surface area contributed by atoms with Gasteiger partial charge >= 0.3 is 0 Å². The Kier molecular flexibility index (Phi) is 8.19. The normalized spacial score (nSPS) is 10.4. The van der Waals surface area contributed by atoms with Gasteiger partial charge in [0, 0.05) is 4.91 Å². The summed E-state index contributed by atoms with van der Waals surface area (Å²) >= 11 is 6.60. The molecule has 0 nitrogen and oxygen atoms in total. The molecule has 0 aliphatic rings. The summed E-state index contributed by atoms with van der Waals surface area (Å²) in [5, 5.41) is 0. The van der Waals surface area contributed by atoms with Crippen LogP contribution in [0.1, 0.15) is 37.3 Å². The molecule has 0 spiro atoms. The Morgan fingerprint density at radius 3 is 2.24 bits per heavy atom. The molecule has 1 aromatic rings. The lowest BCUT2D eigenvalue weighted by Gasteiger charge is -2.07. The maximum absolute atomic E-state index is 2.39. The van der Waals surface area contributed by atoms with Crippen molar-refractivity contribution in [1.82, 2.24) is 0 Å².